The van der Waals surface area contributed by atoms with Crippen LogP contribution in [0.25, 0.3) is 0 Å². The quantitative estimate of drug-likeness (QED) is 0.750. The van der Waals surface area contributed by atoms with E-state index in [0.29, 0.717) is 31.0 Å². The molecule has 0 heterocycles. The van der Waals surface area contributed by atoms with Crippen molar-refractivity contribution in [2.75, 3.05) is 25.6 Å². The third-order valence-electron chi connectivity index (χ3n) is 3.14. The van der Waals surface area contributed by atoms with Crippen LogP contribution in [-0.4, -0.2) is 32.1 Å². The van der Waals surface area contributed by atoms with Gasteiger partial charge in [0.1, 0.15) is 12.4 Å². The van der Waals surface area contributed by atoms with E-state index in [9.17, 15) is 9.59 Å². The summed E-state index contributed by atoms with van der Waals surface area (Å²) in [5.74, 6) is -0.359. The molecule has 6 nitrogen and oxygen atoms in total. The normalized spacial score (nSPS) is 20.1. The summed E-state index contributed by atoms with van der Waals surface area (Å²) in [7, 11) is 1.33. The third kappa shape index (κ3) is 3.48. The predicted molar refractivity (Wildman–Crippen MR) is 73.2 cm³/mol. The number of carbonyl (C=O) groups is 2. The summed E-state index contributed by atoms with van der Waals surface area (Å²) in [6.45, 7) is 0.906. The van der Waals surface area contributed by atoms with Crippen LogP contribution in [0.5, 0.6) is 5.75 Å². The van der Waals surface area contributed by atoms with Gasteiger partial charge in [-0.25, -0.2) is 0 Å². The fourth-order valence-corrected chi connectivity index (χ4v) is 1.94. The van der Waals surface area contributed by atoms with Gasteiger partial charge in [-0.3, -0.25) is 9.59 Å². The Morgan fingerprint density at radius 1 is 1.30 bits per heavy atom. The number of amides is 1. The van der Waals surface area contributed by atoms with E-state index in [0.717, 1.165) is 0 Å². The SMILES string of the molecule is COC(=O)C1CC1C(=O)Nc1ccc(OCCN)cc1. The van der Waals surface area contributed by atoms with Gasteiger partial charge in [0.05, 0.1) is 18.9 Å². The molecular formula is C14H18N2O4. The van der Waals surface area contributed by atoms with Crippen LogP contribution in [-0.2, 0) is 14.3 Å². The highest BCUT2D eigenvalue weighted by molar-refractivity contribution is 5.98. The Balaban J connectivity index is 1.85. The number of esters is 1. The molecule has 0 aromatic heterocycles. The lowest BCUT2D eigenvalue weighted by atomic mass is 10.2. The number of hydrogen-bond donors (Lipinski definition) is 2. The second-order valence-corrected chi connectivity index (χ2v) is 4.62. The average molecular weight is 278 g/mol. The molecule has 3 N–H and O–H groups in total. The summed E-state index contributed by atoms with van der Waals surface area (Å²) in [6.07, 6.45) is 0.552. The largest absolute Gasteiger partial charge is 0.492 e. The highest BCUT2D eigenvalue weighted by Crippen LogP contribution is 2.40. The first-order valence-electron chi connectivity index (χ1n) is 6.47. The lowest BCUT2D eigenvalue weighted by Crippen LogP contribution is -2.17. The topological polar surface area (TPSA) is 90.7 Å². The Labute approximate surface area is 117 Å². The van der Waals surface area contributed by atoms with Gasteiger partial charge in [0.25, 0.3) is 0 Å². The zero-order valence-electron chi connectivity index (χ0n) is 11.3. The molecule has 20 heavy (non-hydrogen) atoms. The summed E-state index contributed by atoms with van der Waals surface area (Å²) < 4.78 is 9.95. The standard InChI is InChI=1S/C14H18N2O4/c1-19-14(18)12-8-11(12)13(17)16-9-2-4-10(5-3-9)20-7-6-15/h2-5,11-12H,6-8,15H2,1H3,(H,16,17). The van der Waals surface area contributed by atoms with Crippen LogP contribution < -0.4 is 15.8 Å². The van der Waals surface area contributed by atoms with Gasteiger partial charge >= 0.3 is 5.97 Å². The number of nitrogens with one attached hydrogen (secondary N) is 1. The van der Waals surface area contributed by atoms with Crippen LogP contribution in [0.1, 0.15) is 6.42 Å². The molecule has 0 aliphatic heterocycles. The van der Waals surface area contributed by atoms with E-state index in [1.807, 2.05) is 0 Å². The molecule has 1 amide bonds. The Bertz CT molecular complexity index is 486. The van der Waals surface area contributed by atoms with E-state index in [4.69, 9.17) is 10.5 Å². The lowest BCUT2D eigenvalue weighted by Gasteiger charge is -2.07. The molecule has 2 unspecified atom stereocenters. The van der Waals surface area contributed by atoms with E-state index < -0.39 is 0 Å². The second kappa shape index (κ2) is 6.38. The summed E-state index contributed by atoms with van der Waals surface area (Å²) in [6, 6.07) is 7.02. The molecule has 6 heteroatoms. The number of anilines is 1. The van der Waals surface area contributed by atoms with Crippen LogP contribution in [0, 0.1) is 11.8 Å². The molecule has 0 radical (unpaired) electrons. The minimum Gasteiger partial charge on any atom is -0.492 e. The maximum absolute atomic E-state index is 11.9. The van der Waals surface area contributed by atoms with Gasteiger partial charge in [-0.1, -0.05) is 0 Å². The first-order chi connectivity index (χ1) is 9.65. The number of nitrogens with two attached hydrogens (primary N) is 1. The van der Waals surface area contributed by atoms with Crippen molar-refractivity contribution in [1.82, 2.24) is 0 Å². The molecule has 108 valence electrons. The zero-order chi connectivity index (χ0) is 14.5. The minimum atomic E-state index is -0.323. The maximum atomic E-state index is 11.9. The lowest BCUT2D eigenvalue weighted by molar-refractivity contribution is -0.143. The molecular weight excluding hydrogens is 260 g/mol. The molecule has 1 saturated carbocycles. The Morgan fingerprint density at radius 3 is 2.60 bits per heavy atom. The van der Waals surface area contributed by atoms with Gasteiger partial charge in [0, 0.05) is 12.2 Å². The van der Waals surface area contributed by atoms with Crippen LogP contribution in [0.3, 0.4) is 0 Å². The van der Waals surface area contributed by atoms with E-state index in [2.05, 4.69) is 10.1 Å². The van der Waals surface area contributed by atoms with Crippen LogP contribution in [0.4, 0.5) is 5.69 Å². The average Bonchev–Trinajstić information content (AvgIpc) is 3.26. The van der Waals surface area contributed by atoms with Crippen molar-refractivity contribution in [3.63, 3.8) is 0 Å². The molecule has 1 aliphatic carbocycles. The number of rotatable bonds is 6. The number of ether oxygens (including phenoxy) is 2. The van der Waals surface area contributed by atoms with Crippen molar-refractivity contribution < 1.29 is 19.1 Å². The Kier molecular flexibility index (Phi) is 4.57. The molecule has 1 fully saturated rings. The van der Waals surface area contributed by atoms with Crippen LogP contribution >= 0.6 is 0 Å². The van der Waals surface area contributed by atoms with Crippen LogP contribution in [0.2, 0.25) is 0 Å². The molecule has 2 rings (SSSR count). The van der Waals surface area contributed by atoms with Gasteiger partial charge in [-0.15, -0.1) is 0 Å². The van der Waals surface area contributed by atoms with Crippen molar-refractivity contribution in [3.8, 4) is 5.75 Å². The van der Waals surface area contributed by atoms with Gasteiger partial charge in [-0.2, -0.15) is 0 Å². The smallest absolute Gasteiger partial charge is 0.309 e. The number of methoxy groups -OCH3 is 1. The van der Waals surface area contributed by atoms with Gasteiger partial charge in [0.15, 0.2) is 0 Å². The van der Waals surface area contributed by atoms with E-state index in [-0.39, 0.29) is 23.7 Å². The van der Waals surface area contributed by atoms with Crippen molar-refractivity contribution >= 4 is 17.6 Å². The fraction of sp³-hybridized carbons (Fsp3) is 0.429. The molecule has 1 aromatic carbocycles. The summed E-state index contributed by atoms with van der Waals surface area (Å²) in [4.78, 5) is 23.2. The minimum absolute atomic E-state index is 0.156. The second-order valence-electron chi connectivity index (χ2n) is 4.62. The van der Waals surface area contributed by atoms with E-state index in [1.165, 1.54) is 7.11 Å². The molecule has 1 aliphatic rings. The van der Waals surface area contributed by atoms with E-state index in [1.54, 1.807) is 24.3 Å². The third-order valence-corrected chi connectivity index (χ3v) is 3.14. The Morgan fingerprint density at radius 2 is 2.00 bits per heavy atom. The van der Waals surface area contributed by atoms with Crippen molar-refractivity contribution in [2.45, 2.75) is 6.42 Å². The first-order valence-corrected chi connectivity index (χ1v) is 6.47. The molecule has 0 spiro atoms. The monoisotopic (exact) mass is 278 g/mol. The maximum Gasteiger partial charge on any atom is 0.309 e. The van der Waals surface area contributed by atoms with Gasteiger partial charge < -0.3 is 20.5 Å². The van der Waals surface area contributed by atoms with Crippen molar-refractivity contribution in [1.29, 1.82) is 0 Å². The van der Waals surface area contributed by atoms with Crippen molar-refractivity contribution in [2.24, 2.45) is 17.6 Å². The Hall–Kier alpha value is -2.08. The number of carbonyl (C=O) groups excluding carboxylic acids is 2. The first kappa shape index (κ1) is 14.3. The summed E-state index contributed by atoms with van der Waals surface area (Å²) in [5, 5.41) is 2.77. The van der Waals surface area contributed by atoms with Crippen LogP contribution in [0.15, 0.2) is 24.3 Å². The van der Waals surface area contributed by atoms with Gasteiger partial charge in [-0.05, 0) is 30.7 Å². The molecule has 1 aromatic rings. The zero-order valence-corrected chi connectivity index (χ0v) is 11.3. The highest BCUT2D eigenvalue weighted by atomic mass is 16.5. The predicted octanol–water partition coefficient (Wildman–Crippen LogP) is 0.772. The van der Waals surface area contributed by atoms with Crippen molar-refractivity contribution in [3.05, 3.63) is 24.3 Å². The fourth-order valence-electron chi connectivity index (χ4n) is 1.94. The molecule has 2 atom stereocenters. The molecule has 0 saturated heterocycles. The highest BCUT2D eigenvalue weighted by Gasteiger charge is 2.48. The summed E-state index contributed by atoms with van der Waals surface area (Å²) in [5.41, 5.74) is 6.01. The van der Waals surface area contributed by atoms with Gasteiger partial charge in [0.2, 0.25) is 5.91 Å². The summed E-state index contributed by atoms with van der Waals surface area (Å²) >= 11 is 0. The molecule has 0 bridgehead atoms. The van der Waals surface area contributed by atoms with E-state index >= 15 is 0 Å². The number of hydrogen-bond acceptors (Lipinski definition) is 5. The number of benzene rings is 1.